The lowest BCUT2D eigenvalue weighted by Crippen LogP contribution is -2.49. The molecule has 19 heavy (non-hydrogen) atoms. The zero-order chi connectivity index (χ0) is 13.9. The first kappa shape index (κ1) is 16.0. The Morgan fingerprint density at radius 1 is 1.11 bits per heavy atom. The lowest BCUT2D eigenvalue weighted by molar-refractivity contribution is -0.133. The van der Waals surface area contributed by atoms with Gasteiger partial charge in [-0.05, 0) is 6.42 Å². The molecule has 1 aliphatic rings. The first-order valence-electron chi connectivity index (χ1n) is 7.49. The molecule has 0 radical (unpaired) electrons. The second-order valence-electron chi connectivity index (χ2n) is 5.07. The van der Waals surface area contributed by atoms with Crippen molar-refractivity contribution < 1.29 is 9.59 Å². The molecule has 2 amide bonds. The smallest absolute Gasteiger partial charge is 0.242 e. The van der Waals surface area contributed by atoms with Crippen LogP contribution in [0.4, 0.5) is 0 Å². The minimum absolute atomic E-state index is 0.0000158. The third-order valence-corrected chi connectivity index (χ3v) is 3.41. The summed E-state index contributed by atoms with van der Waals surface area (Å²) in [7, 11) is 0. The van der Waals surface area contributed by atoms with Gasteiger partial charge in [0.1, 0.15) is 0 Å². The number of carbonyl (C=O) groups excluding carboxylic acids is 2. The Bertz CT molecular complexity index is 276. The summed E-state index contributed by atoms with van der Waals surface area (Å²) in [6.07, 6.45) is 6.22. The Labute approximate surface area is 116 Å². The van der Waals surface area contributed by atoms with E-state index in [1.165, 1.54) is 19.3 Å². The molecule has 1 fully saturated rings. The third kappa shape index (κ3) is 7.15. The SMILES string of the molecule is CCCCCCCC(=O)NCC(=O)N1CCNCC1. The van der Waals surface area contributed by atoms with Crippen LogP contribution >= 0.6 is 0 Å². The molecule has 2 N–H and O–H groups in total. The molecule has 1 saturated heterocycles. The highest BCUT2D eigenvalue weighted by Crippen LogP contribution is 2.04. The topological polar surface area (TPSA) is 61.4 Å². The molecule has 1 aliphatic heterocycles. The number of unbranched alkanes of at least 4 members (excludes halogenated alkanes) is 4. The predicted octanol–water partition coefficient (Wildman–Crippen LogP) is 0.895. The molecule has 0 aliphatic carbocycles. The highest BCUT2D eigenvalue weighted by molar-refractivity contribution is 5.84. The molecule has 1 heterocycles. The summed E-state index contributed by atoms with van der Waals surface area (Å²) < 4.78 is 0. The van der Waals surface area contributed by atoms with Gasteiger partial charge in [0, 0.05) is 32.6 Å². The fourth-order valence-corrected chi connectivity index (χ4v) is 2.18. The van der Waals surface area contributed by atoms with Crippen LogP contribution in [0.1, 0.15) is 45.4 Å². The van der Waals surface area contributed by atoms with E-state index in [0.717, 1.165) is 39.0 Å². The number of amides is 2. The van der Waals surface area contributed by atoms with E-state index >= 15 is 0 Å². The molecule has 0 aromatic carbocycles. The van der Waals surface area contributed by atoms with Crippen LogP contribution in [0.3, 0.4) is 0 Å². The Kier molecular flexibility index (Phi) is 8.21. The first-order chi connectivity index (χ1) is 9.24. The van der Waals surface area contributed by atoms with Gasteiger partial charge in [-0.3, -0.25) is 9.59 Å². The van der Waals surface area contributed by atoms with Crippen molar-refractivity contribution >= 4 is 11.8 Å². The maximum absolute atomic E-state index is 11.8. The van der Waals surface area contributed by atoms with E-state index < -0.39 is 0 Å². The van der Waals surface area contributed by atoms with Gasteiger partial charge in [-0.15, -0.1) is 0 Å². The van der Waals surface area contributed by atoms with E-state index in [4.69, 9.17) is 0 Å². The highest BCUT2D eigenvalue weighted by atomic mass is 16.2. The molecule has 5 nitrogen and oxygen atoms in total. The van der Waals surface area contributed by atoms with Crippen LogP contribution in [0.15, 0.2) is 0 Å². The van der Waals surface area contributed by atoms with Crippen LogP contribution in [-0.2, 0) is 9.59 Å². The largest absolute Gasteiger partial charge is 0.347 e. The van der Waals surface area contributed by atoms with E-state index in [1.807, 2.05) is 0 Å². The number of hydrogen-bond donors (Lipinski definition) is 2. The highest BCUT2D eigenvalue weighted by Gasteiger charge is 2.16. The summed E-state index contributed by atoms with van der Waals surface area (Å²) in [5.41, 5.74) is 0. The quantitative estimate of drug-likeness (QED) is 0.644. The second-order valence-corrected chi connectivity index (χ2v) is 5.07. The summed E-state index contributed by atoms with van der Waals surface area (Å²) in [6.45, 7) is 5.49. The molecular weight excluding hydrogens is 242 g/mol. The molecule has 0 aromatic heterocycles. The van der Waals surface area contributed by atoms with E-state index in [1.54, 1.807) is 4.90 Å². The third-order valence-electron chi connectivity index (χ3n) is 3.41. The summed E-state index contributed by atoms with van der Waals surface area (Å²) >= 11 is 0. The summed E-state index contributed by atoms with van der Waals surface area (Å²) in [5, 5.41) is 5.92. The average molecular weight is 269 g/mol. The van der Waals surface area contributed by atoms with Gasteiger partial charge >= 0.3 is 0 Å². The van der Waals surface area contributed by atoms with Crippen molar-refractivity contribution in [2.24, 2.45) is 0 Å². The standard InChI is InChI=1S/C14H27N3O2/c1-2-3-4-5-6-7-13(18)16-12-14(19)17-10-8-15-9-11-17/h15H,2-12H2,1H3,(H,16,18). The minimum Gasteiger partial charge on any atom is -0.347 e. The zero-order valence-corrected chi connectivity index (χ0v) is 12.0. The monoisotopic (exact) mass is 269 g/mol. The van der Waals surface area contributed by atoms with Gasteiger partial charge in [-0.25, -0.2) is 0 Å². The van der Waals surface area contributed by atoms with Crippen molar-refractivity contribution in [3.8, 4) is 0 Å². The van der Waals surface area contributed by atoms with Crippen molar-refractivity contribution in [3.05, 3.63) is 0 Å². The van der Waals surface area contributed by atoms with E-state index in [2.05, 4.69) is 17.6 Å². The average Bonchev–Trinajstić information content (AvgIpc) is 2.45. The van der Waals surface area contributed by atoms with Crippen LogP contribution in [0.2, 0.25) is 0 Å². The van der Waals surface area contributed by atoms with Crippen molar-refractivity contribution in [1.82, 2.24) is 15.5 Å². The minimum atomic E-state index is -0.0000158. The van der Waals surface area contributed by atoms with Gasteiger partial charge in [0.15, 0.2) is 0 Å². The summed E-state index contributed by atoms with van der Waals surface area (Å²) in [4.78, 5) is 25.2. The number of hydrogen-bond acceptors (Lipinski definition) is 3. The maximum Gasteiger partial charge on any atom is 0.242 e. The Morgan fingerprint density at radius 3 is 2.47 bits per heavy atom. The first-order valence-corrected chi connectivity index (χ1v) is 7.49. The van der Waals surface area contributed by atoms with Crippen LogP contribution in [0.5, 0.6) is 0 Å². The molecule has 110 valence electrons. The van der Waals surface area contributed by atoms with Gasteiger partial charge in [0.25, 0.3) is 0 Å². The number of rotatable bonds is 8. The van der Waals surface area contributed by atoms with Crippen LogP contribution in [0.25, 0.3) is 0 Å². The number of piperazine rings is 1. The number of nitrogens with one attached hydrogen (secondary N) is 2. The van der Waals surface area contributed by atoms with E-state index in [-0.39, 0.29) is 18.4 Å². The Balaban J connectivity index is 2.03. The number of carbonyl (C=O) groups is 2. The lowest BCUT2D eigenvalue weighted by Gasteiger charge is -2.27. The van der Waals surface area contributed by atoms with Crippen molar-refractivity contribution in [2.75, 3.05) is 32.7 Å². The molecule has 0 atom stereocenters. The predicted molar refractivity (Wildman–Crippen MR) is 75.8 cm³/mol. The molecule has 0 bridgehead atoms. The van der Waals surface area contributed by atoms with Gasteiger partial charge in [0.2, 0.25) is 11.8 Å². The molecule has 0 spiro atoms. The van der Waals surface area contributed by atoms with E-state index in [0.29, 0.717) is 6.42 Å². The van der Waals surface area contributed by atoms with Crippen LogP contribution in [-0.4, -0.2) is 49.4 Å². The number of nitrogens with zero attached hydrogens (tertiary/aromatic N) is 1. The van der Waals surface area contributed by atoms with Gasteiger partial charge < -0.3 is 15.5 Å². The van der Waals surface area contributed by atoms with Crippen molar-refractivity contribution in [1.29, 1.82) is 0 Å². The zero-order valence-electron chi connectivity index (χ0n) is 12.0. The molecule has 1 rings (SSSR count). The lowest BCUT2D eigenvalue weighted by atomic mass is 10.1. The van der Waals surface area contributed by atoms with E-state index in [9.17, 15) is 9.59 Å². The molecule has 0 saturated carbocycles. The van der Waals surface area contributed by atoms with Crippen LogP contribution < -0.4 is 10.6 Å². The molecular formula is C14H27N3O2. The van der Waals surface area contributed by atoms with Crippen LogP contribution in [0, 0.1) is 0 Å². The van der Waals surface area contributed by atoms with Crippen molar-refractivity contribution in [2.45, 2.75) is 45.4 Å². The molecule has 0 aromatic rings. The maximum atomic E-state index is 11.8. The second kappa shape index (κ2) is 9.78. The Hall–Kier alpha value is -1.10. The summed E-state index contributed by atoms with van der Waals surface area (Å²) in [5.74, 6) is 0.0285. The molecule has 0 unspecified atom stereocenters. The molecule has 5 heteroatoms. The fraction of sp³-hybridized carbons (Fsp3) is 0.857. The van der Waals surface area contributed by atoms with Crippen molar-refractivity contribution in [3.63, 3.8) is 0 Å². The van der Waals surface area contributed by atoms with Gasteiger partial charge in [-0.2, -0.15) is 0 Å². The van der Waals surface area contributed by atoms with Gasteiger partial charge in [-0.1, -0.05) is 32.6 Å². The fourth-order valence-electron chi connectivity index (χ4n) is 2.18. The normalized spacial score (nSPS) is 15.3. The Morgan fingerprint density at radius 2 is 1.79 bits per heavy atom. The van der Waals surface area contributed by atoms with Gasteiger partial charge in [0.05, 0.1) is 6.54 Å². The summed E-state index contributed by atoms with van der Waals surface area (Å²) in [6, 6.07) is 0.